The topological polar surface area (TPSA) is 99.3 Å². The molecule has 6 heteroatoms. The van der Waals surface area contributed by atoms with Crippen molar-refractivity contribution >= 4 is 11.8 Å². The van der Waals surface area contributed by atoms with Gasteiger partial charge in [-0.05, 0) is 11.5 Å². The number of aliphatic hydroxyl groups is 1. The standard InChI is InChI=1S/C18H20N2O4/c1-11(2)8-16(22)20-18(24)13-10-19-14(9-15(13)21)17(23)12-6-4-3-5-7-12/h3-7,9-11,17,23H,8H2,1-2H3,(H,19,21)(H,20,22,24)/t17-/m1/s1. The average Bonchev–Trinajstić information content (AvgIpc) is 2.53. The Labute approximate surface area is 139 Å². The molecule has 24 heavy (non-hydrogen) atoms. The first kappa shape index (κ1) is 17.6. The van der Waals surface area contributed by atoms with Gasteiger partial charge >= 0.3 is 0 Å². The molecule has 2 rings (SSSR count). The van der Waals surface area contributed by atoms with Crippen molar-refractivity contribution in [3.8, 4) is 0 Å². The summed E-state index contributed by atoms with van der Waals surface area (Å²) in [4.78, 5) is 38.5. The molecule has 6 nitrogen and oxygen atoms in total. The molecule has 0 saturated carbocycles. The number of pyridine rings is 1. The molecule has 126 valence electrons. The Kier molecular flexibility index (Phi) is 5.65. The van der Waals surface area contributed by atoms with Crippen molar-refractivity contribution in [2.45, 2.75) is 26.4 Å². The van der Waals surface area contributed by atoms with Gasteiger partial charge in [0.2, 0.25) is 5.91 Å². The number of rotatable bonds is 5. The summed E-state index contributed by atoms with van der Waals surface area (Å²) in [7, 11) is 0. The minimum Gasteiger partial charge on any atom is -0.382 e. The van der Waals surface area contributed by atoms with Crippen molar-refractivity contribution in [3.05, 3.63) is 69.6 Å². The van der Waals surface area contributed by atoms with E-state index in [9.17, 15) is 19.5 Å². The number of carbonyl (C=O) groups is 2. The molecule has 0 unspecified atom stereocenters. The Morgan fingerprint density at radius 2 is 1.88 bits per heavy atom. The highest BCUT2D eigenvalue weighted by Crippen LogP contribution is 2.18. The normalized spacial score (nSPS) is 12.0. The first-order valence-corrected chi connectivity index (χ1v) is 7.68. The highest BCUT2D eigenvalue weighted by atomic mass is 16.3. The highest BCUT2D eigenvalue weighted by Gasteiger charge is 2.17. The average molecular weight is 328 g/mol. The summed E-state index contributed by atoms with van der Waals surface area (Å²) in [5.41, 5.74) is 0.165. The number of aromatic nitrogens is 1. The quantitative estimate of drug-likeness (QED) is 0.779. The second-order valence-corrected chi connectivity index (χ2v) is 5.95. The Bertz CT molecular complexity index is 781. The third kappa shape index (κ3) is 4.39. The molecule has 0 saturated heterocycles. The van der Waals surface area contributed by atoms with E-state index in [1.54, 1.807) is 24.3 Å². The molecule has 0 fully saturated rings. The van der Waals surface area contributed by atoms with Crippen molar-refractivity contribution < 1.29 is 14.7 Å². The Morgan fingerprint density at radius 1 is 1.21 bits per heavy atom. The summed E-state index contributed by atoms with van der Waals surface area (Å²) in [6.45, 7) is 3.72. The zero-order valence-electron chi connectivity index (χ0n) is 13.6. The Morgan fingerprint density at radius 3 is 2.46 bits per heavy atom. The van der Waals surface area contributed by atoms with Gasteiger partial charge in [0.1, 0.15) is 11.7 Å². The second kappa shape index (κ2) is 7.70. The lowest BCUT2D eigenvalue weighted by molar-refractivity contribution is -0.120. The van der Waals surface area contributed by atoms with E-state index in [1.807, 2.05) is 19.9 Å². The van der Waals surface area contributed by atoms with Gasteiger partial charge in [0.15, 0.2) is 5.43 Å². The van der Waals surface area contributed by atoms with E-state index in [0.717, 1.165) is 0 Å². The molecule has 1 aromatic carbocycles. The molecule has 1 atom stereocenters. The number of amides is 2. The van der Waals surface area contributed by atoms with E-state index in [4.69, 9.17) is 0 Å². The SMILES string of the molecule is CC(C)CC(=O)NC(=O)c1c[nH]c([C@H](O)c2ccccc2)cc1=O. The van der Waals surface area contributed by atoms with Crippen LogP contribution in [-0.4, -0.2) is 21.9 Å². The molecule has 0 radical (unpaired) electrons. The molecule has 1 aromatic heterocycles. The molecule has 0 bridgehead atoms. The molecule has 3 N–H and O–H groups in total. The van der Waals surface area contributed by atoms with E-state index < -0.39 is 23.3 Å². The fourth-order valence-electron chi connectivity index (χ4n) is 2.25. The third-order valence-corrected chi connectivity index (χ3v) is 3.44. The molecule has 0 spiro atoms. The summed E-state index contributed by atoms with van der Waals surface area (Å²) >= 11 is 0. The molecule has 0 aliphatic rings. The predicted octanol–water partition coefficient (Wildman–Crippen LogP) is 1.76. The van der Waals surface area contributed by atoms with Crippen molar-refractivity contribution in [1.29, 1.82) is 0 Å². The van der Waals surface area contributed by atoms with Gasteiger partial charge in [0.05, 0.1) is 5.69 Å². The van der Waals surface area contributed by atoms with Crippen LogP contribution in [0.1, 0.15) is 48.0 Å². The zero-order valence-corrected chi connectivity index (χ0v) is 13.6. The maximum absolute atomic E-state index is 12.1. The molecule has 0 aliphatic carbocycles. The monoisotopic (exact) mass is 328 g/mol. The number of H-pyrrole nitrogens is 1. The number of hydrogen-bond acceptors (Lipinski definition) is 4. The van der Waals surface area contributed by atoms with Gasteiger partial charge in [-0.3, -0.25) is 19.7 Å². The van der Waals surface area contributed by atoms with Gasteiger partial charge in [0.25, 0.3) is 5.91 Å². The van der Waals surface area contributed by atoms with Crippen LogP contribution in [0.15, 0.2) is 47.4 Å². The van der Waals surface area contributed by atoms with Gasteiger partial charge < -0.3 is 10.1 Å². The third-order valence-electron chi connectivity index (χ3n) is 3.44. The number of carbonyl (C=O) groups excluding carboxylic acids is 2. The Balaban J connectivity index is 2.16. The predicted molar refractivity (Wildman–Crippen MR) is 89.5 cm³/mol. The van der Waals surface area contributed by atoms with Crippen LogP contribution in [0, 0.1) is 5.92 Å². The molecule has 2 aromatic rings. The lowest BCUT2D eigenvalue weighted by atomic mass is 10.1. The summed E-state index contributed by atoms with van der Waals surface area (Å²) in [6.07, 6.45) is 0.412. The molecule has 2 amide bonds. The van der Waals surface area contributed by atoms with Crippen LogP contribution >= 0.6 is 0 Å². The number of nitrogens with one attached hydrogen (secondary N) is 2. The van der Waals surface area contributed by atoms with Crippen molar-refractivity contribution in [3.63, 3.8) is 0 Å². The minimum atomic E-state index is -1.00. The van der Waals surface area contributed by atoms with Gasteiger partial charge in [0, 0.05) is 18.7 Å². The lowest BCUT2D eigenvalue weighted by Gasteiger charge is -2.12. The van der Waals surface area contributed by atoms with Crippen LogP contribution in [0.2, 0.25) is 0 Å². The van der Waals surface area contributed by atoms with Crippen LogP contribution in [0.4, 0.5) is 0 Å². The van der Waals surface area contributed by atoms with E-state index in [-0.39, 0.29) is 23.6 Å². The number of aliphatic hydroxyl groups excluding tert-OH is 1. The second-order valence-electron chi connectivity index (χ2n) is 5.95. The van der Waals surface area contributed by atoms with Crippen LogP contribution in [-0.2, 0) is 4.79 Å². The fraction of sp³-hybridized carbons (Fsp3) is 0.278. The van der Waals surface area contributed by atoms with E-state index in [0.29, 0.717) is 5.56 Å². The summed E-state index contributed by atoms with van der Waals surface area (Å²) in [5, 5.41) is 12.5. The number of hydrogen-bond donors (Lipinski definition) is 3. The number of imide groups is 1. The van der Waals surface area contributed by atoms with Crippen LogP contribution in [0.3, 0.4) is 0 Å². The van der Waals surface area contributed by atoms with Crippen molar-refractivity contribution in [2.75, 3.05) is 0 Å². The van der Waals surface area contributed by atoms with Gasteiger partial charge in [-0.1, -0.05) is 44.2 Å². The summed E-state index contributed by atoms with van der Waals surface area (Å²) < 4.78 is 0. The molecule has 1 heterocycles. The Hall–Kier alpha value is -2.73. The maximum atomic E-state index is 12.1. The van der Waals surface area contributed by atoms with Crippen LogP contribution < -0.4 is 10.7 Å². The van der Waals surface area contributed by atoms with E-state index >= 15 is 0 Å². The lowest BCUT2D eigenvalue weighted by Crippen LogP contribution is -2.34. The highest BCUT2D eigenvalue weighted by molar-refractivity contribution is 6.04. The molecular formula is C18H20N2O4. The van der Waals surface area contributed by atoms with Crippen LogP contribution in [0.25, 0.3) is 0 Å². The number of aromatic amines is 1. The van der Waals surface area contributed by atoms with Crippen molar-refractivity contribution in [2.24, 2.45) is 5.92 Å². The van der Waals surface area contributed by atoms with Gasteiger partial charge in [-0.25, -0.2) is 0 Å². The van der Waals surface area contributed by atoms with Gasteiger partial charge in [-0.15, -0.1) is 0 Å². The zero-order chi connectivity index (χ0) is 17.7. The smallest absolute Gasteiger partial charge is 0.263 e. The summed E-state index contributed by atoms with van der Waals surface area (Å²) in [5.74, 6) is -1.06. The molecule has 0 aliphatic heterocycles. The fourth-order valence-corrected chi connectivity index (χ4v) is 2.25. The van der Waals surface area contributed by atoms with Crippen molar-refractivity contribution in [1.82, 2.24) is 10.3 Å². The minimum absolute atomic E-state index is 0.111. The molecular weight excluding hydrogens is 308 g/mol. The van der Waals surface area contributed by atoms with Gasteiger partial charge in [-0.2, -0.15) is 0 Å². The first-order chi connectivity index (χ1) is 11.4. The van der Waals surface area contributed by atoms with Crippen LogP contribution in [0.5, 0.6) is 0 Å². The van der Waals surface area contributed by atoms with E-state index in [2.05, 4.69) is 10.3 Å². The maximum Gasteiger partial charge on any atom is 0.263 e. The largest absolute Gasteiger partial charge is 0.382 e. The summed E-state index contributed by atoms with van der Waals surface area (Å²) in [6, 6.07) is 10.0. The first-order valence-electron chi connectivity index (χ1n) is 7.68. The number of benzene rings is 1. The van der Waals surface area contributed by atoms with E-state index in [1.165, 1.54) is 12.3 Å².